The standard InChI is InChI=1S/C15H18N4O/c1-4-9-16-15-17-11(2)10-14(19-15)18-12-7-5-6-8-13(12)20-3/h4-8,10H,1,9H2,2-3H3,(H2,16,17,18,19). The first-order chi connectivity index (χ1) is 9.72. The molecule has 5 heteroatoms. The summed E-state index contributed by atoms with van der Waals surface area (Å²) in [7, 11) is 1.64. The van der Waals surface area contributed by atoms with Crippen LogP contribution in [-0.2, 0) is 0 Å². The van der Waals surface area contributed by atoms with E-state index < -0.39 is 0 Å². The highest BCUT2D eigenvalue weighted by Gasteiger charge is 2.05. The summed E-state index contributed by atoms with van der Waals surface area (Å²) in [6.45, 7) is 6.21. The zero-order valence-corrected chi connectivity index (χ0v) is 11.7. The van der Waals surface area contributed by atoms with Gasteiger partial charge in [0.05, 0.1) is 12.8 Å². The summed E-state index contributed by atoms with van der Waals surface area (Å²) in [5.41, 5.74) is 1.74. The number of para-hydroxylation sites is 2. The molecule has 2 N–H and O–H groups in total. The summed E-state index contributed by atoms with van der Waals surface area (Å²) in [6, 6.07) is 9.58. The van der Waals surface area contributed by atoms with E-state index in [1.165, 1.54) is 0 Å². The van der Waals surface area contributed by atoms with Crippen LogP contribution in [0.25, 0.3) is 0 Å². The minimum Gasteiger partial charge on any atom is -0.495 e. The Labute approximate surface area is 118 Å². The van der Waals surface area contributed by atoms with E-state index in [2.05, 4.69) is 27.2 Å². The van der Waals surface area contributed by atoms with E-state index in [1.54, 1.807) is 13.2 Å². The van der Waals surface area contributed by atoms with Crippen molar-refractivity contribution in [2.24, 2.45) is 0 Å². The molecule has 0 spiro atoms. The van der Waals surface area contributed by atoms with Crippen LogP contribution < -0.4 is 15.4 Å². The lowest BCUT2D eigenvalue weighted by Gasteiger charge is -2.11. The molecule has 5 nitrogen and oxygen atoms in total. The van der Waals surface area contributed by atoms with E-state index in [1.807, 2.05) is 37.3 Å². The molecule has 1 heterocycles. The van der Waals surface area contributed by atoms with Gasteiger partial charge in [-0.2, -0.15) is 4.98 Å². The molecule has 0 aliphatic rings. The molecule has 0 amide bonds. The zero-order valence-electron chi connectivity index (χ0n) is 11.7. The SMILES string of the molecule is C=CCNc1nc(C)cc(Nc2ccccc2OC)n1. The molecule has 2 rings (SSSR count). The maximum Gasteiger partial charge on any atom is 0.225 e. The van der Waals surface area contributed by atoms with Crippen LogP contribution in [0.2, 0.25) is 0 Å². The molecular weight excluding hydrogens is 252 g/mol. The van der Waals surface area contributed by atoms with Crippen LogP contribution in [0.4, 0.5) is 17.5 Å². The molecule has 0 saturated heterocycles. The summed E-state index contributed by atoms with van der Waals surface area (Å²) in [6.07, 6.45) is 1.76. The summed E-state index contributed by atoms with van der Waals surface area (Å²) < 4.78 is 5.31. The van der Waals surface area contributed by atoms with Gasteiger partial charge in [-0.15, -0.1) is 6.58 Å². The molecule has 2 aromatic rings. The number of hydrogen-bond acceptors (Lipinski definition) is 5. The van der Waals surface area contributed by atoms with Crippen LogP contribution >= 0.6 is 0 Å². The molecule has 0 aliphatic heterocycles. The van der Waals surface area contributed by atoms with E-state index in [0.29, 0.717) is 18.3 Å². The van der Waals surface area contributed by atoms with E-state index in [-0.39, 0.29) is 0 Å². The number of methoxy groups -OCH3 is 1. The third kappa shape index (κ3) is 3.47. The van der Waals surface area contributed by atoms with Gasteiger partial charge in [-0.25, -0.2) is 4.98 Å². The average Bonchev–Trinajstić information content (AvgIpc) is 2.45. The Balaban J connectivity index is 2.24. The molecule has 0 fully saturated rings. The van der Waals surface area contributed by atoms with Crippen molar-refractivity contribution in [3.63, 3.8) is 0 Å². The Morgan fingerprint density at radius 2 is 2.10 bits per heavy atom. The summed E-state index contributed by atoms with van der Waals surface area (Å²) >= 11 is 0. The Kier molecular flexibility index (Phi) is 4.55. The molecule has 0 atom stereocenters. The van der Waals surface area contributed by atoms with Gasteiger partial charge in [0, 0.05) is 18.3 Å². The van der Waals surface area contributed by atoms with Gasteiger partial charge in [0.25, 0.3) is 0 Å². The van der Waals surface area contributed by atoms with Crippen LogP contribution in [0.15, 0.2) is 43.0 Å². The molecular formula is C15H18N4O. The monoisotopic (exact) mass is 270 g/mol. The third-order valence-corrected chi connectivity index (χ3v) is 2.63. The maximum absolute atomic E-state index is 5.31. The van der Waals surface area contributed by atoms with Crippen LogP contribution in [0.5, 0.6) is 5.75 Å². The number of anilines is 3. The molecule has 20 heavy (non-hydrogen) atoms. The lowest BCUT2D eigenvalue weighted by atomic mass is 10.3. The van der Waals surface area contributed by atoms with E-state index in [9.17, 15) is 0 Å². The maximum atomic E-state index is 5.31. The molecule has 0 aliphatic carbocycles. The van der Waals surface area contributed by atoms with Crippen molar-refractivity contribution in [1.29, 1.82) is 0 Å². The van der Waals surface area contributed by atoms with E-state index in [0.717, 1.165) is 17.1 Å². The summed E-state index contributed by atoms with van der Waals surface area (Å²) in [5.74, 6) is 2.06. The van der Waals surface area contributed by atoms with Crippen molar-refractivity contribution in [1.82, 2.24) is 9.97 Å². The van der Waals surface area contributed by atoms with Crippen molar-refractivity contribution in [3.05, 3.63) is 48.7 Å². The minimum atomic E-state index is 0.572. The first kappa shape index (κ1) is 13.9. The minimum absolute atomic E-state index is 0.572. The second-order valence-corrected chi connectivity index (χ2v) is 4.21. The van der Waals surface area contributed by atoms with Crippen molar-refractivity contribution >= 4 is 17.5 Å². The van der Waals surface area contributed by atoms with Gasteiger partial charge < -0.3 is 15.4 Å². The second kappa shape index (κ2) is 6.56. The molecule has 0 radical (unpaired) electrons. The Bertz CT molecular complexity index is 598. The van der Waals surface area contributed by atoms with Crippen LogP contribution in [-0.4, -0.2) is 23.6 Å². The fraction of sp³-hybridized carbons (Fsp3) is 0.200. The normalized spacial score (nSPS) is 9.90. The lowest BCUT2D eigenvalue weighted by molar-refractivity contribution is 0.417. The quantitative estimate of drug-likeness (QED) is 0.790. The number of ether oxygens (including phenoxy) is 1. The van der Waals surface area contributed by atoms with Crippen molar-refractivity contribution < 1.29 is 4.74 Å². The fourth-order valence-electron chi connectivity index (χ4n) is 1.76. The smallest absolute Gasteiger partial charge is 0.225 e. The number of nitrogens with one attached hydrogen (secondary N) is 2. The molecule has 1 aromatic carbocycles. The molecule has 1 aromatic heterocycles. The van der Waals surface area contributed by atoms with Gasteiger partial charge in [-0.05, 0) is 19.1 Å². The number of aromatic nitrogens is 2. The van der Waals surface area contributed by atoms with Gasteiger partial charge in [0.2, 0.25) is 5.95 Å². The third-order valence-electron chi connectivity index (χ3n) is 2.63. The number of nitrogens with zero attached hydrogens (tertiary/aromatic N) is 2. The van der Waals surface area contributed by atoms with Crippen molar-refractivity contribution in [2.75, 3.05) is 24.3 Å². The Morgan fingerprint density at radius 1 is 1.30 bits per heavy atom. The predicted octanol–water partition coefficient (Wildman–Crippen LogP) is 3.14. The van der Waals surface area contributed by atoms with Gasteiger partial charge in [-0.3, -0.25) is 0 Å². The zero-order chi connectivity index (χ0) is 14.4. The van der Waals surface area contributed by atoms with Gasteiger partial charge in [0.1, 0.15) is 11.6 Å². The first-order valence-corrected chi connectivity index (χ1v) is 6.33. The fourth-order valence-corrected chi connectivity index (χ4v) is 1.76. The largest absolute Gasteiger partial charge is 0.495 e. The van der Waals surface area contributed by atoms with Gasteiger partial charge >= 0.3 is 0 Å². The first-order valence-electron chi connectivity index (χ1n) is 6.33. The van der Waals surface area contributed by atoms with Crippen LogP contribution in [0.1, 0.15) is 5.69 Å². The van der Waals surface area contributed by atoms with Crippen molar-refractivity contribution in [2.45, 2.75) is 6.92 Å². The molecule has 0 unspecified atom stereocenters. The second-order valence-electron chi connectivity index (χ2n) is 4.21. The Hall–Kier alpha value is -2.56. The lowest BCUT2D eigenvalue weighted by Crippen LogP contribution is -2.06. The summed E-state index contributed by atoms with van der Waals surface area (Å²) in [5, 5.41) is 6.32. The predicted molar refractivity (Wildman–Crippen MR) is 81.7 cm³/mol. The topological polar surface area (TPSA) is 59.1 Å². The summed E-state index contributed by atoms with van der Waals surface area (Å²) in [4.78, 5) is 8.72. The number of aryl methyl sites for hydroxylation is 1. The van der Waals surface area contributed by atoms with Crippen molar-refractivity contribution in [3.8, 4) is 5.75 Å². The van der Waals surface area contributed by atoms with Gasteiger partial charge in [-0.1, -0.05) is 18.2 Å². The number of rotatable bonds is 6. The average molecular weight is 270 g/mol. The highest BCUT2D eigenvalue weighted by molar-refractivity contribution is 5.64. The van der Waals surface area contributed by atoms with Crippen LogP contribution in [0.3, 0.4) is 0 Å². The van der Waals surface area contributed by atoms with E-state index >= 15 is 0 Å². The Morgan fingerprint density at radius 3 is 2.85 bits per heavy atom. The van der Waals surface area contributed by atoms with E-state index in [4.69, 9.17) is 4.74 Å². The number of benzene rings is 1. The molecule has 0 bridgehead atoms. The molecule has 104 valence electrons. The molecule has 0 saturated carbocycles. The van der Waals surface area contributed by atoms with Gasteiger partial charge in [0.15, 0.2) is 0 Å². The highest BCUT2D eigenvalue weighted by atomic mass is 16.5. The van der Waals surface area contributed by atoms with Crippen LogP contribution in [0, 0.1) is 6.92 Å². The highest BCUT2D eigenvalue weighted by Crippen LogP contribution is 2.26. The number of hydrogen-bond donors (Lipinski definition) is 2.